The number of benzene rings is 2. The molecule has 0 spiro atoms. The van der Waals surface area contributed by atoms with Gasteiger partial charge in [-0.15, -0.1) is 0 Å². The van der Waals surface area contributed by atoms with Gasteiger partial charge >= 0.3 is 0 Å². The summed E-state index contributed by atoms with van der Waals surface area (Å²) in [4.78, 5) is 14.1. The van der Waals surface area contributed by atoms with Crippen molar-refractivity contribution in [2.45, 2.75) is 6.54 Å². The lowest BCUT2D eigenvalue weighted by atomic mass is 10.1. The van der Waals surface area contributed by atoms with Gasteiger partial charge in [-0.05, 0) is 17.7 Å². The molecule has 0 saturated carbocycles. The Hall–Kier alpha value is -1.39. The zero-order valence-electron chi connectivity index (χ0n) is 11.2. The second-order valence-corrected chi connectivity index (χ2v) is 5.70. The highest BCUT2D eigenvalue weighted by molar-refractivity contribution is 9.09. The maximum absolute atomic E-state index is 13.9. The van der Waals surface area contributed by atoms with E-state index in [1.165, 1.54) is 18.2 Å². The molecule has 21 heavy (non-hydrogen) atoms. The number of amides is 1. The van der Waals surface area contributed by atoms with E-state index in [1.54, 1.807) is 4.90 Å². The van der Waals surface area contributed by atoms with Crippen LogP contribution in [0.25, 0.3) is 0 Å². The van der Waals surface area contributed by atoms with Crippen LogP contribution in [0.3, 0.4) is 0 Å². The van der Waals surface area contributed by atoms with Gasteiger partial charge in [-0.25, -0.2) is 4.39 Å². The lowest BCUT2D eigenvalue weighted by molar-refractivity contribution is 0.0750. The second kappa shape index (κ2) is 7.57. The van der Waals surface area contributed by atoms with Crippen molar-refractivity contribution >= 4 is 33.4 Å². The van der Waals surface area contributed by atoms with E-state index in [9.17, 15) is 9.18 Å². The molecule has 0 aliphatic rings. The summed E-state index contributed by atoms with van der Waals surface area (Å²) in [6.07, 6.45) is 0. The van der Waals surface area contributed by atoms with Gasteiger partial charge in [0.1, 0.15) is 5.82 Å². The van der Waals surface area contributed by atoms with Gasteiger partial charge < -0.3 is 4.90 Å². The largest absolute Gasteiger partial charge is 0.333 e. The molecular weight excluding hydrogens is 357 g/mol. The monoisotopic (exact) mass is 369 g/mol. The van der Waals surface area contributed by atoms with Gasteiger partial charge in [0.15, 0.2) is 0 Å². The Bertz CT molecular complexity index is 601. The number of halogens is 3. The van der Waals surface area contributed by atoms with Crippen LogP contribution >= 0.6 is 27.5 Å². The molecule has 5 heteroatoms. The quantitative estimate of drug-likeness (QED) is 0.709. The first-order valence-corrected chi connectivity index (χ1v) is 7.96. The number of hydrogen-bond donors (Lipinski definition) is 0. The van der Waals surface area contributed by atoms with Crippen LogP contribution in [0.5, 0.6) is 0 Å². The van der Waals surface area contributed by atoms with E-state index in [0.717, 1.165) is 5.56 Å². The van der Waals surface area contributed by atoms with Crippen LogP contribution in [0, 0.1) is 5.82 Å². The smallest absolute Gasteiger partial charge is 0.258 e. The molecule has 0 aliphatic carbocycles. The number of nitrogens with zero attached hydrogens (tertiary/aromatic N) is 1. The van der Waals surface area contributed by atoms with E-state index in [0.29, 0.717) is 18.4 Å². The zero-order chi connectivity index (χ0) is 15.2. The first-order chi connectivity index (χ1) is 10.1. The summed E-state index contributed by atoms with van der Waals surface area (Å²) >= 11 is 9.29. The van der Waals surface area contributed by atoms with Crippen molar-refractivity contribution < 1.29 is 9.18 Å². The van der Waals surface area contributed by atoms with E-state index in [-0.39, 0.29) is 10.6 Å². The van der Waals surface area contributed by atoms with Gasteiger partial charge in [0.2, 0.25) is 0 Å². The van der Waals surface area contributed by atoms with E-state index >= 15 is 0 Å². The molecule has 2 aromatic carbocycles. The number of carbonyl (C=O) groups is 1. The Morgan fingerprint density at radius 1 is 1.14 bits per heavy atom. The minimum atomic E-state index is -0.597. The molecule has 0 aliphatic heterocycles. The van der Waals surface area contributed by atoms with Crippen LogP contribution in [0.4, 0.5) is 4.39 Å². The maximum Gasteiger partial charge on any atom is 0.258 e. The van der Waals surface area contributed by atoms with E-state index < -0.39 is 11.7 Å². The standard InChI is InChI=1S/C16H14BrClFNO/c17-9-10-20(11-12-5-2-1-3-6-12)16(21)15-13(18)7-4-8-14(15)19/h1-8H,9-11H2. The third kappa shape index (κ3) is 4.05. The van der Waals surface area contributed by atoms with Gasteiger partial charge in [-0.1, -0.05) is 63.9 Å². The summed E-state index contributed by atoms with van der Waals surface area (Å²) in [5.41, 5.74) is 0.912. The van der Waals surface area contributed by atoms with Gasteiger partial charge in [0.25, 0.3) is 5.91 Å². The molecule has 2 rings (SSSR count). The van der Waals surface area contributed by atoms with Crippen molar-refractivity contribution in [3.8, 4) is 0 Å². The van der Waals surface area contributed by atoms with E-state index in [2.05, 4.69) is 15.9 Å². The Morgan fingerprint density at radius 3 is 2.48 bits per heavy atom. The molecule has 1 amide bonds. The average molecular weight is 371 g/mol. The summed E-state index contributed by atoms with van der Waals surface area (Å²) in [5.74, 6) is -0.999. The molecule has 0 saturated heterocycles. The molecule has 0 bridgehead atoms. The fraction of sp³-hybridized carbons (Fsp3) is 0.188. The van der Waals surface area contributed by atoms with E-state index in [4.69, 9.17) is 11.6 Å². The molecule has 0 fully saturated rings. The molecule has 0 unspecified atom stereocenters. The Morgan fingerprint density at radius 2 is 1.86 bits per heavy atom. The summed E-state index contributed by atoms with van der Waals surface area (Å²) in [5, 5.41) is 0.741. The van der Waals surface area contributed by atoms with Crippen LogP contribution in [0.1, 0.15) is 15.9 Å². The Kier molecular flexibility index (Phi) is 5.76. The number of carbonyl (C=O) groups excluding carboxylic acids is 1. The fourth-order valence-electron chi connectivity index (χ4n) is 2.02. The van der Waals surface area contributed by atoms with Gasteiger partial charge in [-0.3, -0.25) is 4.79 Å². The lowest BCUT2D eigenvalue weighted by Crippen LogP contribution is -2.33. The third-order valence-electron chi connectivity index (χ3n) is 3.03. The maximum atomic E-state index is 13.9. The highest BCUT2D eigenvalue weighted by Crippen LogP contribution is 2.21. The molecule has 0 aromatic heterocycles. The van der Waals surface area contributed by atoms with Crippen molar-refractivity contribution in [1.82, 2.24) is 4.90 Å². The van der Waals surface area contributed by atoms with Crippen LogP contribution in [0.2, 0.25) is 5.02 Å². The molecule has 2 aromatic rings. The summed E-state index contributed by atoms with van der Waals surface area (Å²) in [7, 11) is 0. The van der Waals surface area contributed by atoms with Crippen LogP contribution in [0.15, 0.2) is 48.5 Å². The first kappa shape index (κ1) is 16.0. The Balaban J connectivity index is 2.27. The third-order valence-corrected chi connectivity index (χ3v) is 3.70. The van der Waals surface area contributed by atoms with Crippen molar-refractivity contribution in [2.24, 2.45) is 0 Å². The molecular formula is C16H14BrClFNO. The number of hydrogen-bond acceptors (Lipinski definition) is 1. The topological polar surface area (TPSA) is 20.3 Å². The fourth-order valence-corrected chi connectivity index (χ4v) is 2.69. The molecule has 0 heterocycles. The van der Waals surface area contributed by atoms with Crippen molar-refractivity contribution in [2.75, 3.05) is 11.9 Å². The highest BCUT2D eigenvalue weighted by Gasteiger charge is 2.21. The van der Waals surface area contributed by atoms with Crippen LogP contribution in [-0.2, 0) is 6.54 Å². The number of rotatable bonds is 5. The molecule has 110 valence electrons. The van der Waals surface area contributed by atoms with Crippen LogP contribution < -0.4 is 0 Å². The van der Waals surface area contributed by atoms with Gasteiger partial charge in [-0.2, -0.15) is 0 Å². The van der Waals surface area contributed by atoms with Crippen molar-refractivity contribution in [3.63, 3.8) is 0 Å². The summed E-state index contributed by atoms with van der Waals surface area (Å²) in [6.45, 7) is 0.883. The summed E-state index contributed by atoms with van der Waals surface area (Å²) < 4.78 is 13.9. The van der Waals surface area contributed by atoms with Crippen LogP contribution in [-0.4, -0.2) is 22.7 Å². The number of alkyl halides is 1. The molecule has 0 atom stereocenters. The Labute approximate surface area is 136 Å². The van der Waals surface area contributed by atoms with Gasteiger partial charge in [0.05, 0.1) is 10.6 Å². The average Bonchev–Trinajstić information content (AvgIpc) is 2.47. The summed E-state index contributed by atoms with van der Waals surface area (Å²) in [6, 6.07) is 13.8. The highest BCUT2D eigenvalue weighted by atomic mass is 79.9. The predicted molar refractivity (Wildman–Crippen MR) is 86.4 cm³/mol. The first-order valence-electron chi connectivity index (χ1n) is 6.46. The minimum Gasteiger partial charge on any atom is -0.333 e. The molecule has 0 N–H and O–H groups in total. The van der Waals surface area contributed by atoms with E-state index in [1.807, 2.05) is 30.3 Å². The SMILES string of the molecule is O=C(c1c(F)cccc1Cl)N(CCBr)Cc1ccccc1. The lowest BCUT2D eigenvalue weighted by Gasteiger charge is -2.22. The van der Waals surface area contributed by atoms with Crippen molar-refractivity contribution in [3.05, 3.63) is 70.5 Å². The molecule has 0 radical (unpaired) electrons. The van der Waals surface area contributed by atoms with Gasteiger partial charge in [0, 0.05) is 18.4 Å². The normalized spacial score (nSPS) is 10.4. The zero-order valence-corrected chi connectivity index (χ0v) is 13.6. The van der Waals surface area contributed by atoms with Crippen molar-refractivity contribution in [1.29, 1.82) is 0 Å². The molecule has 2 nitrogen and oxygen atoms in total. The second-order valence-electron chi connectivity index (χ2n) is 4.50. The predicted octanol–water partition coefficient (Wildman–Crippen LogP) is 4.52. The minimum absolute atomic E-state index is 0.0731.